The molecule has 3 rings (SSSR count). The van der Waals surface area contributed by atoms with Gasteiger partial charge in [-0.3, -0.25) is 9.59 Å². The van der Waals surface area contributed by atoms with E-state index in [0.717, 1.165) is 31.5 Å². The van der Waals surface area contributed by atoms with Crippen LogP contribution >= 0.6 is 0 Å². The molecule has 1 N–H and O–H groups in total. The minimum absolute atomic E-state index is 0.00523. The number of nitrogens with zero attached hydrogens (tertiary/aromatic N) is 1. The zero-order chi connectivity index (χ0) is 20.5. The molecule has 0 bridgehead atoms. The predicted molar refractivity (Wildman–Crippen MR) is 111 cm³/mol. The van der Waals surface area contributed by atoms with E-state index in [9.17, 15) is 9.59 Å². The number of carbonyl (C=O) groups is 2. The van der Waals surface area contributed by atoms with Crippen LogP contribution in [0.25, 0.3) is 0 Å². The van der Waals surface area contributed by atoms with Gasteiger partial charge in [0.1, 0.15) is 11.5 Å². The van der Waals surface area contributed by atoms with Crippen molar-refractivity contribution in [2.24, 2.45) is 0 Å². The third kappa shape index (κ3) is 5.98. The lowest BCUT2D eigenvalue weighted by molar-refractivity contribution is -0.132. The molecular formula is C23H28N2O4. The third-order valence-corrected chi connectivity index (χ3v) is 4.96. The highest BCUT2D eigenvalue weighted by atomic mass is 16.5. The number of benzene rings is 2. The molecule has 1 saturated heterocycles. The van der Waals surface area contributed by atoms with Gasteiger partial charge in [0.25, 0.3) is 11.8 Å². The summed E-state index contributed by atoms with van der Waals surface area (Å²) in [6.45, 7) is 3.56. The molecule has 29 heavy (non-hydrogen) atoms. The molecule has 0 aliphatic carbocycles. The maximum atomic E-state index is 12.4. The van der Waals surface area contributed by atoms with E-state index in [0.29, 0.717) is 17.9 Å². The lowest BCUT2D eigenvalue weighted by Gasteiger charge is -2.21. The number of hydrogen-bond donors (Lipinski definition) is 1. The maximum absolute atomic E-state index is 12.4. The summed E-state index contributed by atoms with van der Waals surface area (Å²) in [5.74, 6) is 1.07. The molecule has 0 saturated carbocycles. The minimum Gasteiger partial charge on any atom is -0.484 e. The minimum atomic E-state index is -0.222. The molecule has 0 radical (unpaired) electrons. The van der Waals surface area contributed by atoms with E-state index >= 15 is 0 Å². The van der Waals surface area contributed by atoms with E-state index in [2.05, 4.69) is 5.32 Å². The van der Waals surface area contributed by atoms with E-state index in [1.807, 2.05) is 66.4 Å². The summed E-state index contributed by atoms with van der Waals surface area (Å²) in [4.78, 5) is 26.5. The van der Waals surface area contributed by atoms with Gasteiger partial charge >= 0.3 is 0 Å². The van der Waals surface area contributed by atoms with Crippen LogP contribution in [0.3, 0.4) is 0 Å². The first-order valence-corrected chi connectivity index (χ1v) is 10.1. The van der Waals surface area contributed by atoms with Crippen LogP contribution in [0, 0.1) is 0 Å². The maximum Gasteiger partial charge on any atom is 0.260 e. The summed E-state index contributed by atoms with van der Waals surface area (Å²) < 4.78 is 11.4. The molecule has 0 aromatic heterocycles. The number of ether oxygens (including phenoxy) is 2. The Labute approximate surface area is 171 Å². The summed E-state index contributed by atoms with van der Waals surface area (Å²) in [6, 6.07) is 16.5. The normalized spacial score (nSPS) is 14.3. The second-order valence-corrected chi connectivity index (χ2v) is 7.04. The molecule has 2 aromatic rings. The van der Waals surface area contributed by atoms with Crippen LogP contribution in [0.4, 0.5) is 0 Å². The van der Waals surface area contributed by atoms with Crippen LogP contribution < -0.4 is 14.8 Å². The molecule has 6 nitrogen and oxygen atoms in total. The Kier molecular flexibility index (Phi) is 7.50. The molecule has 1 aliphatic rings. The first kappa shape index (κ1) is 20.7. The zero-order valence-corrected chi connectivity index (χ0v) is 16.8. The Bertz CT molecular complexity index is 804. The fraction of sp³-hybridized carbons (Fsp3) is 0.391. The number of amides is 2. The molecule has 1 atom stereocenters. The summed E-state index contributed by atoms with van der Waals surface area (Å²) in [6.07, 6.45) is 2.80. The van der Waals surface area contributed by atoms with Gasteiger partial charge in [0.05, 0.1) is 6.04 Å². The lowest BCUT2D eigenvalue weighted by atomic mass is 10.0. The lowest BCUT2D eigenvalue weighted by Crippen LogP contribution is -2.34. The van der Waals surface area contributed by atoms with Crippen molar-refractivity contribution in [2.45, 2.75) is 32.2 Å². The van der Waals surface area contributed by atoms with Gasteiger partial charge in [-0.05, 0) is 37.5 Å². The number of carbonyl (C=O) groups excluding carboxylic acids is 2. The topological polar surface area (TPSA) is 67.9 Å². The van der Waals surface area contributed by atoms with Crippen LogP contribution in [0.5, 0.6) is 11.5 Å². The monoisotopic (exact) mass is 396 g/mol. The first-order chi connectivity index (χ1) is 14.2. The van der Waals surface area contributed by atoms with Crippen molar-refractivity contribution in [1.82, 2.24) is 10.2 Å². The predicted octanol–water partition coefficient (Wildman–Crippen LogP) is 3.33. The molecule has 1 heterocycles. The fourth-order valence-corrected chi connectivity index (χ4v) is 3.40. The Morgan fingerprint density at radius 2 is 1.66 bits per heavy atom. The molecule has 154 valence electrons. The van der Waals surface area contributed by atoms with Gasteiger partial charge in [-0.1, -0.05) is 43.3 Å². The quantitative estimate of drug-likeness (QED) is 0.706. The third-order valence-electron chi connectivity index (χ3n) is 4.96. The molecule has 1 fully saturated rings. The van der Waals surface area contributed by atoms with E-state index in [1.54, 1.807) is 0 Å². The first-order valence-electron chi connectivity index (χ1n) is 10.1. The average molecular weight is 396 g/mol. The van der Waals surface area contributed by atoms with E-state index in [4.69, 9.17) is 9.47 Å². The second-order valence-electron chi connectivity index (χ2n) is 7.04. The van der Waals surface area contributed by atoms with Crippen molar-refractivity contribution >= 4 is 11.8 Å². The van der Waals surface area contributed by atoms with Gasteiger partial charge in [0, 0.05) is 18.7 Å². The summed E-state index contributed by atoms with van der Waals surface area (Å²) in [5, 5.41) is 3.00. The molecule has 1 aliphatic heterocycles. The smallest absolute Gasteiger partial charge is 0.260 e. The van der Waals surface area contributed by atoms with Crippen molar-refractivity contribution in [2.75, 3.05) is 26.3 Å². The van der Waals surface area contributed by atoms with Crippen LogP contribution in [-0.4, -0.2) is 43.0 Å². The molecule has 0 spiro atoms. The summed E-state index contributed by atoms with van der Waals surface area (Å²) >= 11 is 0. The van der Waals surface area contributed by atoms with Gasteiger partial charge in [-0.25, -0.2) is 0 Å². The number of rotatable bonds is 9. The standard InChI is InChI=1S/C23H28N2O4/c1-2-20(24-22(26)16-28-18-10-4-3-5-11-18)19-12-6-7-13-21(19)29-17-23(27)25-14-8-9-15-25/h3-7,10-13,20H,2,8-9,14-17H2,1H3,(H,24,26). The fourth-order valence-electron chi connectivity index (χ4n) is 3.40. The van der Waals surface area contributed by atoms with Gasteiger partial charge in [-0.15, -0.1) is 0 Å². The van der Waals surface area contributed by atoms with Crippen molar-refractivity contribution in [3.05, 3.63) is 60.2 Å². The highest BCUT2D eigenvalue weighted by Gasteiger charge is 2.21. The summed E-state index contributed by atoms with van der Waals surface area (Å²) in [5.41, 5.74) is 0.859. The van der Waals surface area contributed by atoms with Crippen LogP contribution in [0.2, 0.25) is 0 Å². The van der Waals surface area contributed by atoms with Gasteiger partial charge in [0.15, 0.2) is 13.2 Å². The van der Waals surface area contributed by atoms with Gasteiger partial charge in [-0.2, -0.15) is 0 Å². The van der Waals surface area contributed by atoms with Gasteiger partial charge < -0.3 is 19.7 Å². The molecule has 6 heteroatoms. The molecule has 2 aromatic carbocycles. The van der Waals surface area contributed by atoms with Crippen LogP contribution in [0.15, 0.2) is 54.6 Å². The summed E-state index contributed by atoms with van der Waals surface area (Å²) in [7, 11) is 0. The van der Waals surface area contributed by atoms with Crippen LogP contribution in [-0.2, 0) is 9.59 Å². The van der Waals surface area contributed by atoms with Crippen molar-refractivity contribution < 1.29 is 19.1 Å². The Morgan fingerprint density at radius 3 is 2.38 bits per heavy atom. The molecule has 1 unspecified atom stereocenters. The number of likely N-dealkylation sites (tertiary alicyclic amines) is 1. The van der Waals surface area contributed by atoms with Gasteiger partial charge in [0.2, 0.25) is 0 Å². The molecule has 2 amide bonds. The highest BCUT2D eigenvalue weighted by Crippen LogP contribution is 2.27. The number of hydrogen-bond acceptors (Lipinski definition) is 4. The zero-order valence-electron chi connectivity index (χ0n) is 16.8. The van der Waals surface area contributed by atoms with E-state index in [1.165, 1.54) is 0 Å². The largest absolute Gasteiger partial charge is 0.484 e. The Morgan fingerprint density at radius 1 is 0.966 bits per heavy atom. The Balaban J connectivity index is 1.58. The Hall–Kier alpha value is -3.02. The average Bonchev–Trinajstić information content (AvgIpc) is 3.30. The highest BCUT2D eigenvalue weighted by molar-refractivity contribution is 5.79. The number of para-hydroxylation sites is 2. The van der Waals surface area contributed by atoms with Crippen molar-refractivity contribution in [3.63, 3.8) is 0 Å². The SMILES string of the molecule is CCC(NC(=O)COc1ccccc1)c1ccccc1OCC(=O)N1CCCC1. The van der Waals surface area contributed by atoms with Crippen molar-refractivity contribution in [3.8, 4) is 11.5 Å². The van der Waals surface area contributed by atoms with E-state index < -0.39 is 0 Å². The number of nitrogens with one attached hydrogen (secondary N) is 1. The second kappa shape index (κ2) is 10.5. The molecular weight excluding hydrogens is 368 g/mol. The van der Waals surface area contributed by atoms with E-state index in [-0.39, 0.29) is 31.1 Å². The van der Waals surface area contributed by atoms with Crippen molar-refractivity contribution in [1.29, 1.82) is 0 Å². The van der Waals surface area contributed by atoms with Crippen LogP contribution in [0.1, 0.15) is 37.8 Å².